The normalized spacial score (nSPS) is 11.4. The van der Waals surface area contributed by atoms with Crippen molar-refractivity contribution in [3.05, 3.63) is 86.9 Å². The fraction of sp³-hybridized carbons (Fsp3) is 0.0909. The number of aryl methyl sites for hydroxylation is 1. The highest BCUT2D eigenvalue weighted by molar-refractivity contribution is 14.1. The van der Waals surface area contributed by atoms with E-state index < -0.39 is 0 Å². The smallest absolute Gasteiger partial charge is 0.273 e. The minimum atomic E-state index is -0.236. The van der Waals surface area contributed by atoms with E-state index in [2.05, 4.69) is 79.9 Å². The van der Waals surface area contributed by atoms with E-state index in [-0.39, 0.29) is 5.91 Å². The van der Waals surface area contributed by atoms with Gasteiger partial charge in [0.25, 0.3) is 5.91 Å². The molecule has 0 spiro atoms. The maximum Gasteiger partial charge on any atom is 0.273 e. The molecule has 0 aliphatic heterocycles. The Kier molecular flexibility index (Phi) is 5.04. The summed E-state index contributed by atoms with van der Waals surface area (Å²) in [6, 6.07) is 18.1. The van der Waals surface area contributed by atoms with Crippen molar-refractivity contribution in [1.82, 2.24) is 15.0 Å². The van der Waals surface area contributed by atoms with Gasteiger partial charge in [0.05, 0.1) is 11.8 Å². The summed E-state index contributed by atoms with van der Waals surface area (Å²) in [6.45, 7) is 4.11. The number of halogens is 1. The molecule has 140 valence electrons. The number of para-hydroxylation sites is 1. The number of aromatic nitrogens is 2. The van der Waals surface area contributed by atoms with Crippen molar-refractivity contribution in [3.8, 4) is 5.69 Å². The zero-order valence-corrected chi connectivity index (χ0v) is 17.7. The molecule has 0 radical (unpaired) electrons. The van der Waals surface area contributed by atoms with Crippen LogP contribution in [0.2, 0.25) is 0 Å². The zero-order chi connectivity index (χ0) is 19.7. The largest absolute Gasteiger partial charge is 0.360 e. The van der Waals surface area contributed by atoms with Crippen molar-refractivity contribution in [1.29, 1.82) is 0 Å². The lowest BCUT2D eigenvalue weighted by Crippen LogP contribution is -2.17. The Hall–Kier alpha value is -2.87. The van der Waals surface area contributed by atoms with Gasteiger partial charge in [-0.15, -0.1) is 0 Å². The molecule has 1 amide bonds. The van der Waals surface area contributed by atoms with Crippen molar-refractivity contribution in [2.75, 3.05) is 0 Å². The molecule has 0 saturated heterocycles. The second kappa shape index (κ2) is 7.63. The lowest BCUT2D eigenvalue weighted by Gasteiger charge is -2.09. The second-order valence-electron chi connectivity index (χ2n) is 6.59. The van der Waals surface area contributed by atoms with Gasteiger partial charge in [-0.3, -0.25) is 4.79 Å². The van der Waals surface area contributed by atoms with Gasteiger partial charge in [-0.25, -0.2) is 5.43 Å². The number of rotatable bonds is 4. The molecule has 5 nitrogen and oxygen atoms in total. The SMILES string of the molecule is Cc1cc(C=NNC(=O)c2c[nH]c3ccccc23)c(C)n1-c1ccc(I)cc1. The van der Waals surface area contributed by atoms with Crippen LogP contribution < -0.4 is 5.43 Å². The molecule has 0 bridgehead atoms. The lowest BCUT2D eigenvalue weighted by molar-refractivity contribution is 0.0957. The summed E-state index contributed by atoms with van der Waals surface area (Å²) in [5.74, 6) is -0.236. The summed E-state index contributed by atoms with van der Waals surface area (Å²) in [4.78, 5) is 15.6. The highest BCUT2D eigenvalue weighted by Crippen LogP contribution is 2.21. The van der Waals surface area contributed by atoms with Gasteiger partial charge in [0.15, 0.2) is 0 Å². The van der Waals surface area contributed by atoms with Crippen LogP contribution in [0, 0.1) is 17.4 Å². The summed E-state index contributed by atoms with van der Waals surface area (Å²) >= 11 is 2.30. The van der Waals surface area contributed by atoms with Crippen molar-refractivity contribution >= 4 is 45.6 Å². The number of benzene rings is 2. The highest BCUT2D eigenvalue weighted by Gasteiger charge is 2.12. The molecule has 2 aromatic carbocycles. The van der Waals surface area contributed by atoms with Gasteiger partial charge < -0.3 is 9.55 Å². The summed E-state index contributed by atoms with van der Waals surface area (Å²) < 4.78 is 3.38. The van der Waals surface area contributed by atoms with E-state index in [4.69, 9.17) is 0 Å². The average molecular weight is 482 g/mol. The molecule has 0 atom stereocenters. The van der Waals surface area contributed by atoms with Crippen LogP contribution >= 0.6 is 22.6 Å². The molecule has 6 heteroatoms. The molecule has 0 aliphatic carbocycles. The first kappa shape index (κ1) is 18.5. The number of nitrogens with one attached hydrogen (secondary N) is 2. The molecule has 28 heavy (non-hydrogen) atoms. The van der Waals surface area contributed by atoms with Crippen LogP contribution in [-0.4, -0.2) is 21.7 Å². The molecule has 2 aromatic heterocycles. The number of H-pyrrole nitrogens is 1. The number of nitrogens with zero attached hydrogens (tertiary/aromatic N) is 2. The summed E-state index contributed by atoms with van der Waals surface area (Å²) in [5.41, 5.74) is 8.40. The quantitative estimate of drug-likeness (QED) is 0.242. The van der Waals surface area contributed by atoms with E-state index in [1.165, 1.54) is 3.57 Å². The Morgan fingerprint density at radius 3 is 2.68 bits per heavy atom. The molecular formula is C22H19IN4O. The number of carbonyl (C=O) groups excluding carboxylic acids is 1. The summed E-state index contributed by atoms with van der Waals surface area (Å²) in [6.07, 6.45) is 3.40. The minimum absolute atomic E-state index is 0.236. The number of aromatic amines is 1. The van der Waals surface area contributed by atoms with Crippen molar-refractivity contribution in [2.24, 2.45) is 5.10 Å². The molecule has 0 aliphatic rings. The number of hydrazone groups is 1. The molecule has 4 rings (SSSR count). The molecule has 0 saturated carbocycles. The van der Waals surface area contributed by atoms with E-state index >= 15 is 0 Å². The van der Waals surface area contributed by atoms with Gasteiger partial charge in [-0.05, 0) is 72.8 Å². The fourth-order valence-electron chi connectivity index (χ4n) is 3.39. The first-order valence-corrected chi connectivity index (χ1v) is 9.97. The monoisotopic (exact) mass is 482 g/mol. The van der Waals surface area contributed by atoms with Crippen molar-refractivity contribution in [3.63, 3.8) is 0 Å². The number of carbonyl (C=O) groups is 1. The lowest BCUT2D eigenvalue weighted by atomic mass is 10.2. The molecule has 4 aromatic rings. The standard InChI is InChI=1S/C22H19IN4O/c1-14-11-16(15(2)27(14)18-9-7-17(23)8-10-18)12-25-26-22(28)20-13-24-21-6-4-3-5-19(20)21/h3-13,24H,1-2H3,(H,26,28). The number of fused-ring (bicyclic) bond motifs is 1. The van der Waals surface area contributed by atoms with Gasteiger partial charge in [-0.2, -0.15) is 5.10 Å². The molecular weight excluding hydrogens is 463 g/mol. The summed E-state index contributed by atoms with van der Waals surface area (Å²) in [5, 5.41) is 5.06. The first-order valence-electron chi connectivity index (χ1n) is 8.89. The Balaban J connectivity index is 1.54. The second-order valence-corrected chi connectivity index (χ2v) is 7.83. The van der Waals surface area contributed by atoms with Crippen LogP contribution in [0.15, 0.2) is 65.9 Å². The van der Waals surface area contributed by atoms with Crippen molar-refractivity contribution in [2.45, 2.75) is 13.8 Å². The van der Waals surface area contributed by atoms with Crippen LogP contribution in [0.5, 0.6) is 0 Å². The van der Waals surface area contributed by atoms with E-state index in [1.807, 2.05) is 31.2 Å². The third-order valence-electron chi connectivity index (χ3n) is 4.76. The van der Waals surface area contributed by atoms with Crippen LogP contribution in [0.1, 0.15) is 27.3 Å². The van der Waals surface area contributed by atoms with Gasteiger partial charge >= 0.3 is 0 Å². The Morgan fingerprint density at radius 1 is 1.14 bits per heavy atom. The van der Waals surface area contributed by atoms with Gasteiger partial charge in [0.1, 0.15) is 0 Å². The highest BCUT2D eigenvalue weighted by atomic mass is 127. The van der Waals surface area contributed by atoms with Gasteiger partial charge in [-0.1, -0.05) is 18.2 Å². The molecule has 2 heterocycles. The fourth-order valence-corrected chi connectivity index (χ4v) is 3.75. The first-order chi connectivity index (χ1) is 13.5. The van der Waals surface area contributed by atoms with E-state index in [1.54, 1.807) is 12.4 Å². The third kappa shape index (κ3) is 3.47. The van der Waals surface area contributed by atoms with E-state index in [0.717, 1.165) is 33.5 Å². The summed E-state index contributed by atoms with van der Waals surface area (Å²) in [7, 11) is 0. The predicted molar refractivity (Wildman–Crippen MR) is 121 cm³/mol. The average Bonchev–Trinajstić information content (AvgIpc) is 3.24. The maximum atomic E-state index is 12.5. The minimum Gasteiger partial charge on any atom is -0.360 e. The topological polar surface area (TPSA) is 62.2 Å². The molecule has 0 unspecified atom stereocenters. The van der Waals surface area contributed by atoms with E-state index in [0.29, 0.717) is 5.56 Å². The van der Waals surface area contributed by atoms with Crippen LogP contribution in [0.25, 0.3) is 16.6 Å². The number of amides is 1. The zero-order valence-electron chi connectivity index (χ0n) is 15.5. The van der Waals surface area contributed by atoms with E-state index in [9.17, 15) is 4.79 Å². The Labute approximate surface area is 176 Å². The Morgan fingerprint density at radius 2 is 1.89 bits per heavy atom. The third-order valence-corrected chi connectivity index (χ3v) is 5.48. The molecule has 2 N–H and O–H groups in total. The van der Waals surface area contributed by atoms with Crippen LogP contribution in [0.4, 0.5) is 0 Å². The number of hydrogen-bond acceptors (Lipinski definition) is 2. The van der Waals surface area contributed by atoms with Gasteiger partial charge in [0, 0.05) is 43.3 Å². The molecule has 0 fully saturated rings. The maximum absolute atomic E-state index is 12.5. The van der Waals surface area contributed by atoms with Crippen LogP contribution in [0.3, 0.4) is 0 Å². The van der Waals surface area contributed by atoms with Gasteiger partial charge in [0.2, 0.25) is 0 Å². The number of hydrogen-bond donors (Lipinski definition) is 2. The Bertz CT molecular complexity index is 1190. The predicted octanol–water partition coefficient (Wildman–Crippen LogP) is 4.94. The van der Waals surface area contributed by atoms with Crippen molar-refractivity contribution < 1.29 is 4.79 Å². The van der Waals surface area contributed by atoms with Crippen LogP contribution in [-0.2, 0) is 0 Å².